The molecular formula is C14H11NO4S. The van der Waals surface area contributed by atoms with Crippen molar-refractivity contribution in [2.24, 2.45) is 0 Å². The van der Waals surface area contributed by atoms with Crippen molar-refractivity contribution in [3.05, 3.63) is 64.1 Å². The van der Waals surface area contributed by atoms with Gasteiger partial charge in [0.2, 0.25) is 0 Å². The first-order valence-electron chi connectivity index (χ1n) is 5.61. The summed E-state index contributed by atoms with van der Waals surface area (Å²) in [5.74, 6) is 5.43. The van der Waals surface area contributed by atoms with Crippen LogP contribution in [0.5, 0.6) is 0 Å². The first-order chi connectivity index (χ1) is 9.38. The number of nitrogens with zero attached hydrogens (tertiary/aromatic N) is 1. The van der Waals surface area contributed by atoms with Gasteiger partial charge < -0.3 is 5.21 Å². The van der Waals surface area contributed by atoms with Crippen LogP contribution in [0.4, 0.5) is 0 Å². The lowest BCUT2D eigenvalue weighted by atomic mass is 10.2. The first-order valence-corrected chi connectivity index (χ1v) is 7.50. The normalized spacial score (nSPS) is 10.7. The van der Waals surface area contributed by atoms with Crippen LogP contribution in [0.25, 0.3) is 0 Å². The molecule has 5 nitrogen and oxygen atoms in total. The predicted molar refractivity (Wildman–Crippen MR) is 73.4 cm³/mol. The first kappa shape index (κ1) is 13.9. The number of pyridine rings is 1. The summed E-state index contributed by atoms with van der Waals surface area (Å²) in [4.78, 5) is 11.2. The third-order valence-electron chi connectivity index (χ3n) is 2.52. The summed E-state index contributed by atoms with van der Waals surface area (Å²) >= 11 is 0. The zero-order chi connectivity index (χ0) is 14.8. The van der Waals surface area contributed by atoms with Gasteiger partial charge in [-0.15, -0.1) is 0 Å². The summed E-state index contributed by atoms with van der Waals surface area (Å²) in [5.41, 5.74) is 0.202. The Hall–Kier alpha value is -2.52. The third kappa shape index (κ3) is 3.08. The number of benzene rings is 1. The number of hydrogen-bond acceptors (Lipinski definition) is 4. The van der Waals surface area contributed by atoms with E-state index in [0.29, 0.717) is 15.9 Å². The molecule has 102 valence electrons. The molecule has 2 aromatic rings. The molecule has 2 rings (SSSR count). The van der Waals surface area contributed by atoms with Gasteiger partial charge in [-0.25, -0.2) is 8.42 Å². The molecule has 0 bridgehead atoms. The van der Waals surface area contributed by atoms with Gasteiger partial charge in [0.1, 0.15) is 0 Å². The largest absolute Gasteiger partial charge is 0.425 e. The fourth-order valence-electron chi connectivity index (χ4n) is 1.58. The van der Waals surface area contributed by atoms with E-state index >= 15 is 0 Å². The molecule has 0 unspecified atom stereocenters. The van der Waals surface area contributed by atoms with E-state index < -0.39 is 15.4 Å². The highest BCUT2D eigenvalue weighted by Gasteiger charge is 2.10. The van der Waals surface area contributed by atoms with E-state index in [2.05, 4.69) is 11.8 Å². The van der Waals surface area contributed by atoms with Gasteiger partial charge in [0.25, 0.3) is 5.56 Å². The summed E-state index contributed by atoms with van der Waals surface area (Å²) in [6.07, 6.45) is 2.28. The van der Waals surface area contributed by atoms with Crippen LogP contribution in [0.2, 0.25) is 0 Å². The third-order valence-corrected chi connectivity index (χ3v) is 3.68. The number of rotatable bonds is 1. The van der Waals surface area contributed by atoms with E-state index in [4.69, 9.17) is 0 Å². The van der Waals surface area contributed by atoms with Crippen molar-refractivity contribution in [1.82, 2.24) is 4.73 Å². The maximum Gasteiger partial charge on any atom is 0.282 e. The van der Waals surface area contributed by atoms with Crippen molar-refractivity contribution in [2.75, 3.05) is 6.26 Å². The second kappa shape index (κ2) is 5.23. The quantitative estimate of drug-likeness (QED) is 0.625. The minimum absolute atomic E-state index is 0.143. The molecular weight excluding hydrogens is 278 g/mol. The van der Waals surface area contributed by atoms with Gasteiger partial charge in [0.05, 0.1) is 11.1 Å². The van der Waals surface area contributed by atoms with E-state index in [1.165, 1.54) is 24.4 Å². The Morgan fingerprint density at radius 3 is 2.45 bits per heavy atom. The molecule has 0 aliphatic rings. The van der Waals surface area contributed by atoms with Crippen molar-refractivity contribution in [3.8, 4) is 11.8 Å². The van der Waals surface area contributed by atoms with E-state index in [1.807, 2.05) is 0 Å². The Kier molecular flexibility index (Phi) is 3.63. The minimum Gasteiger partial charge on any atom is -0.425 e. The van der Waals surface area contributed by atoms with Gasteiger partial charge in [-0.05, 0) is 18.2 Å². The minimum atomic E-state index is -3.36. The van der Waals surface area contributed by atoms with Crippen molar-refractivity contribution in [3.63, 3.8) is 0 Å². The van der Waals surface area contributed by atoms with Gasteiger partial charge in [-0.2, -0.15) is 4.73 Å². The fourth-order valence-corrected chi connectivity index (χ4v) is 2.43. The Morgan fingerprint density at radius 1 is 1.10 bits per heavy atom. The smallest absolute Gasteiger partial charge is 0.282 e. The van der Waals surface area contributed by atoms with Gasteiger partial charge in [0, 0.05) is 23.4 Å². The molecule has 0 radical (unpaired) electrons. The highest BCUT2D eigenvalue weighted by atomic mass is 32.2. The molecule has 0 aliphatic heterocycles. The van der Waals surface area contributed by atoms with Crippen molar-refractivity contribution >= 4 is 9.84 Å². The topological polar surface area (TPSA) is 76.4 Å². The van der Waals surface area contributed by atoms with Crippen LogP contribution in [0.1, 0.15) is 11.1 Å². The van der Waals surface area contributed by atoms with Gasteiger partial charge in [-0.1, -0.05) is 24.0 Å². The van der Waals surface area contributed by atoms with E-state index in [1.54, 1.807) is 18.2 Å². The van der Waals surface area contributed by atoms with E-state index in [-0.39, 0.29) is 4.90 Å². The molecule has 1 aromatic heterocycles. The van der Waals surface area contributed by atoms with Crippen LogP contribution in [0.3, 0.4) is 0 Å². The SMILES string of the molecule is CS(=O)(=O)c1ccccc1C#Cc1ccc(=O)n(O)c1. The highest BCUT2D eigenvalue weighted by Crippen LogP contribution is 2.13. The molecule has 0 fully saturated rings. The van der Waals surface area contributed by atoms with Crippen LogP contribution in [0.15, 0.2) is 52.3 Å². The summed E-state index contributed by atoms with van der Waals surface area (Å²) in [6, 6.07) is 9.00. The van der Waals surface area contributed by atoms with Crippen LogP contribution in [-0.2, 0) is 9.84 Å². The molecule has 20 heavy (non-hydrogen) atoms. The van der Waals surface area contributed by atoms with Crippen molar-refractivity contribution < 1.29 is 13.6 Å². The zero-order valence-electron chi connectivity index (χ0n) is 10.6. The maximum atomic E-state index is 11.6. The maximum absolute atomic E-state index is 11.6. The second-order valence-electron chi connectivity index (χ2n) is 4.12. The average Bonchev–Trinajstić information content (AvgIpc) is 2.39. The standard InChI is InChI=1S/C14H11NO4S/c1-20(18,19)13-5-3-2-4-12(13)8-6-11-7-9-14(16)15(17)10-11/h2-5,7,9-10,17H,1H3. The monoisotopic (exact) mass is 289 g/mol. The van der Waals surface area contributed by atoms with Gasteiger partial charge in [0.15, 0.2) is 9.84 Å². The van der Waals surface area contributed by atoms with Gasteiger partial charge >= 0.3 is 0 Å². The Bertz CT molecular complexity index is 870. The molecule has 0 spiro atoms. The molecule has 0 atom stereocenters. The van der Waals surface area contributed by atoms with E-state index in [9.17, 15) is 18.4 Å². The number of aromatic nitrogens is 1. The molecule has 6 heteroatoms. The zero-order valence-corrected chi connectivity index (χ0v) is 11.4. The summed E-state index contributed by atoms with van der Waals surface area (Å²) < 4.78 is 23.6. The predicted octanol–water partition coefficient (Wildman–Crippen LogP) is 0.889. The Morgan fingerprint density at radius 2 is 1.80 bits per heavy atom. The van der Waals surface area contributed by atoms with Crippen LogP contribution in [-0.4, -0.2) is 24.6 Å². The molecule has 1 heterocycles. The lowest BCUT2D eigenvalue weighted by molar-refractivity contribution is 0.174. The fraction of sp³-hybridized carbons (Fsp3) is 0.0714. The second-order valence-corrected chi connectivity index (χ2v) is 6.10. The number of sulfone groups is 1. The molecule has 0 amide bonds. The number of hydrogen-bond donors (Lipinski definition) is 1. The molecule has 0 aliphatic carbocycles. The van der Waals surface area contributed by atoms with Crippen LogP contribution >= 0.6 is 0 Å². The van der Waals surface area contributed by atoms with Crippen LogP contribution < -0.4 is 5.56 Å². The summed E-state index contributed by atoms with van der Waals surface area (Å²) in [5, 5.41) is 9.22. The van der Waals surface area contributed by atoms with E-state index in [0.717, 1.165) is 6.26 Å². The molecule has 0 saturated carbocycles. The lowest BCUT2D eigenvalue weighted by Gasteiger charge is -2.00. The average molecular weight is 289 g/mol. The Labute approximate surface area is 116 Å². The van der Waals surface area contributed by atoms with Crippen molar-refractivity contribution in [1.29, 1.82) is 0 Å². The summed E-state index contributed by atoms with van der Waals surface area (Å²) in [7, 11) is -3.36. The van der Waals surface area contributed by atoms with Crippen LogP contribution in [0, 0.1) is 11.8 Å². The summed E-state index contributed by atoms with van der Waals surface area (Å²) in [6.45, 7) is 0. The molecule has 0 saturated heterocycles. The van der Waals surface area contributed by atoms with Crippen molar-refractivity contribution in [2.45, 2.75) is 4.90 Å². The Balaban J connectivity index is 2.49. The molecule has 1 aromatic carbocycles. The van der Waals surface area contributed by atoms with Gasteiger partial charge in [-0.3, -0.25) is 4.79 Å². The lowest BCUT2D eigenvalue weighted by Crippen LogP contribution is -2.15. The molecule has 1 N–H and O–H groups in total. The highest BCUT2D eigenvalue weighted by molar-refractivity contribution is 7.90.